The molecule has 0 heterocycles. The highest BCUT2D eigenvalue weighted by Crippen LogP contribution is 2.22. The number of terminal acetylenes is 1. The molecule has 3 aromatic carbocycles. The average Bonchev–Trinajstić information content (AvgIpc) is 2.78. The second kappa shape index (κ2) is 10.8. The quantitative estimate of drug-likeness (QED) is 0.301. The van der Waals surface area contributed by atoms with Gasteiger partial charge in [-0.3, -0.25) is 4.79 Å². The number of nitrogens with one attached hydrogen (secondary N) is 1. The summed E-state index contributed by atoms with van der Waals surface area (Å²) in [5.74, 6) is 3.21. The van der Waals surface area contributed by atoms with Crippen molar-refractivity contribution in [3.8, 4) is 35.0 Å². The molecule has 0 aromatic heterocycles. The Labute approximate surface area is 183 Å². The van der Waals surface area contributed by atoms with Gasteiger partial charge in [-0.25, -0.2) is 5.43 Å². The van der Waals surface area contributed by atoms with Crippen LogP contribution < -0.4 is 14.9 Å². The van der Waals surface area contributed by atoms with Crippen LogP contribution >= 0.6 is 15.9 Å². The van der Waals surface area contributed by atoms with Gasteiger partial charge < -0.3 is 9.47 Å². The molecule has 0 aliphatic carbocycles. The Morgan fingerprint density at radius 2 is 1.77 bits per heavy atom. The van der Waals surface area contributed by atoms with Crippen LogP contribution in [0, 0.1) is 12.3 Å². The van der Waals surface area contributed by atoms with Gasteiger partial charge >= 0.3 is 0 Å². The predicted molar refractivity (Wildman–Crippen MR) is 122 cm³/mol. The van der Waals surface area contributed by atoms with Crippen LogP contribution in [-0.2, 0) is 4.79 Å². The van der Waals surface area contributed by atoms with E-state index in [9.17, 15) is 4.79 Å². The van der Waals surface area contributed by atoms with Crippen LogP contribution in [0.3, 0.4) is 0 Å². The predicted octanol–water partition coefficient (Wildman–Crippen LogP) is 4.66. The van der Waals surface area contributed by atoms with Gasteiger partial charge in [0.1, 0.15) is 18.1 Å². The van der Waals surface area contributed by atoms with Crippen LogP contribution in [0.5, 0.6) is 11.5 Å². The van der Waals surface area contributed by atoms with E-state index >= 15 is 0 Å². The molecule has 0 atom stereocenters. The lowest BCUT2D eigenvalue weighted by Gasteiger charge is -2.08. The van der Waals surface area contributed by atoms with Crippen molar-refractivity contribution in [1.29, 1.82) is 0 Å². The van der Waals surface area contributed by atoms with Crippen molar-refractivity contribution in [1.82, 2.24) is 5.43 Å². The molecule has 0 saturated heterocycles. The number of ether oxygens (including phenoxy) is 2. The Kier molecular flexibility index (Phi) is 7.64. The smallest absolute Gasteiger partial charge is 0.277 e. The van der Waals surface area contributed by atoms with Crippen molar-refractivity contribution in [3.63, 3.8) is 0 Å². The van der Waals surface area contributed by atoms with E-state index in [2.05, 4.69) is 32.4 Å². The summed E-state index contributed by atoms with van der Waals surface area (Å²) in [7, 11) is 0. The van der Waals surface area contributed by atoms with Gasteiger partial charge in [-0.2, -0.15) is 5.10 Å². The van der Waals surface area contributed by atoms with E-state index in [1.54, 1.807) is 6.07 Å². The highest BCUT2D eigenvalue weighted by molar-refractivity contribution is 9.10. The molecule has 0 spiro atoms. The van der Waals surface area contributed by atoms with Crippen molar-refractivity contribution >= 4 is 28.1 Å². The van der Waals surface area contributed by atoms with E-state index in [0.29, 0.717) is 17.1 Å². The first-order valence-corrected chi connectivity index (χ1v) is 9.91. The third-order valence-corrected chi connectivity index (χ3v) is 4.50. The van der Waals surface area contributed by atoms with Crippen molar-refractivity contribution in [2.45, 2.75) is 0 Å². The Morgan fingerprint density at radius 1 is 1.03 bits per heavy atom. The summed E-state index contributed by atoms with van der Waals surface area (Å²) in [6.07, 6.45) is 6.72. The number of nitrogens with zero attached hydrogens (tertiary/aromatic N) is 1. The van der Waals surface area contributed by atoms with Crippen LogP contribution in [0.25, 0.3) is 11.1 Å². The monoisotopic (exact) mass is 462 g/mol. The molecule has 0 aliphatic heterocycles. The molecule has 5 nitrogen and oxygen atoms in total. The fourth-order valence-electron chi connectivity index (χ4n) is 2.60. The number of hydrogen-bond donors (Lipinski definition) is 1. The number of carbonyl (C=O) groups excluding carboxylic acids is 1. The standard InChI is InChI=1S/C24H19BrN2O3/c1-2-14-29-23-13-10-21(25)15-20(23)16-26-27-24(28)17-30-22-11-8-19(9-12-22)18-6-4-3-5-7-18/h1,3-13,15-16H,14,17H2,(H,27,28)/b26-16-. The van der Waals surface area contributed by atoms with Gasteiger partial charge in [-0.1, -0.05) is 64.3 Å². The number of benzene rings is 3. The van der Waals surface area contributed by atoms with Gasteiger partial charge in [-0.15, -0.1) is 6.42 Å². The second-order valence-corrected chi connectivity index (χ2v) is 7.06. The molecule has 30 heavy (non-hydrogen) atoms. The third kappa shape index (κ3) is 6.23. The highest BCUT2D eigenvalue weighted by Gasteiger charge is 2.05. The van der Waals surface area contributed by atoms with Crippen LogP contribution in [0.15, 0.2) is 82.4 Å². The maximum atomic E-state index is 12.0. The van der Waals surface area contributed by atoms with Gasteiger partial charge in [0.15, 0.2) is 6.61 Å². The summed E-state index contributed by atoms with van der Waals surface area (Å²) < 4.78 is 11.8. The largest absolute Gasteiger partial charge is 0.484 e. The Balaban J connectivity index is 1.52. The topological polar surface area (TPSA) is 59.9 Å². The third-order valence-electron chi connectivity index (χ3n) is 4.01. The molecule has 0 aliphatic rings. The van der Waals surface area contributed by atoms with E-state index in [1.165, 1.54) is 6.21 Å². The zero-order chi connectivity index (χ0) is 21.2. The van der Waals surface area contributed by atoms with Crippen LogP contribution in [-0.4, -0.2) is 25.3 Å². The minimum absolute atomic E-state index is 0.145. The van der Waals surface area contributed by atoms with Gasteiger partial charge in [0.05, 0.1) is 6.21 Å². The van der Waals surface area contributed by atoms with E-state index in [4.69, 9.17) is 15.9 Å². The zero-order valence-corrected chi connectivity index (χ0v) is 17.6. The Morgan fingerprint density at radius 3 is 2.50 bits per heavy atom. The molecule has 3 rings (SSSR count). The van der Waals surface area contributed by atoms with E-state index in [1.807, 2.05) is 66.7 Å². The van der Waals surface area contributed by atoms with Crippen LogP contribution in [0.2, 0.25) is 0 Å². The summed E-state index contributed by atoms with van der Waals surface area (Å²) in [6.45, 7) is -0.00725. The fraction of sp³-hybridized carbons (Fsp3) is 0.0833. The molecular weight excluding hydrogens is 444 g/mol. The van der Waals surface area contributed by atoms with Gasteiger partial charge in [-0.05, 0) is 41.5 Å². The van der Waals surface area contributed by atoms with E-state index in [0.717, 1.165) is 15.6 Å². The second-order valence-electron chi connectivity index (χ2n) is 6.15. The highest BCUT2D eigenvalue weighted by atomic mass is 79.9. The molecule has 1 amide bonds. The van der Waals surface area contributed by atoms with E-state index in [-0.39, 0.29) is 19.1 Å². The lowest BCUT2D eigenvalue weighted by molar-refractivity contribution is -0.123. The summed E-state index contributed by atoms with van der Waals surface area (Å²) in [4.78, 5) is 12.0. The van der Waals surface area contributed by atoms with Gasteiger partial charge in [0.2, 0.25) is 0 Å². The van der Waals surface area contributed by atoms with Crippen molar-refractivity contribution in [2.75, 3.05) is 13.2 Å². The molecule has 0 unspecified atom stereocenters. The summed E-state index contributed by atoms with van der Waals surface area (Å²) in [5, 5.41) is 3.96. The summed E-state index contributed by atoms with van der Waals surface area (Å²) >= 11 is 3.39. The number of rotatable bonds is 8. The molecule has 0 saturated carbocycles. The van der Waals surface area contributed by atoms with E-state index < -0.39 is 0 Å². The SMILES string of the molecule is C#CCOc1ccc(Br)cc1/C=N\NC(=O)COc1ccc(-c2ccccc2)cc1. The molecule has 3 aromatic rings. The van der Waals surface area contributed by atoms with Crippen molar-refractivity contribution in [3.05, 3.63) is 82.8 Å². The first-order valence-electron chi connectivity index (χ1n) is 9.12. The Hall–Kier alpha value is -3.56. The fourth-order valence-corrected chi connectivity index (χ4v) is 2.98. The zero-order valence-electron chi connectivity index (χ0n) is 16.0. The summed E-state index contributed by atoms with van der Waals surface area (Å²) in [5.41, 5.74) is 5.31. The molecule has 6 heteroatoms. The maximum Gasteiger partial charge on any atom is 0.277 e. The molecule has 0 radical (unpaired) electrons. The molecule has 0 bridgehead atoms. The lowest BCUT2D eigenvalue weighted by Crippen LogP contribution is -2.24. The number of halogens is 1. The van der Waals surface area contributed by atoms with Crippen LogP contribution in [0.1, 0.15) is 5.56 Å². The summed E-state index contributed by atoms with van der Waals surface area (Å²) in [6, 6.07) is 23.0. The molecule has 150 valence electrons. The number of hydrazone groups is 1. The molecule has 1 N–H and O–H groups in total. The minimum atomic E-state index is -0.375. The number of hydrogen-bond acceptors (Lipinski definition) is 4. The molecular formula is C24H19BrN2O3. The Bertz CT molecular complexity index is 1060. The number of carbonyl (C=O) groups is 1. The molecule has 0 fully saturated rings. The first kappa shape index (κ1) is 21.2. The van der Waals surface area contributed by atoms with Crippen molar-refractivity contribution < 1.29 is 14.3 Å². The van der Waals surface area contributed by atoms with Gasteiger partial charge in [0.25, 0.3) is 5.91 Å². The minimum Gasteiger partial charge on any atom is -0.484 e. The lowest BCUT2D eigenvalue weighted by atomic mass is 10.1. The first-order chi connectivity index (χ1) is 14.7. The van der Waals surface area contributed by atoms with Crippen LogP contribution in [0.4, 0.5) is 0 Å². The average molecular weight is 463 g/mol. The van der Waals surface area contributed by atoms with Gasteiger partial charge in [0, 0.05) is 10.0 Å². The normalized spacial score (nSPS) is 10.4. The number of amides is 1. The maximum absolute atomic E-state index is 12.0. The van der Waals surface area contributed by atoms with Crippen molar-refractivity contribution in [2.24, 2.45) is 5.10 Å².